The van der Waals surface area contributed by atoms with Crippen molar-refractivity contribution in [2.24, 2.45) is 0 Å². The van der Waals surface area contributed by atoms with Gasteiger partial charge in [0.2, 0.25) is 5.91 Å². The number of benzene rings is 1. The molecular weight excluding hydrogens is 294 g/mol. The van der Waals surface area contributed by atoms with Crippen LogP contribution < -0.4 is 9.80 Å². The highest BCUT2D eigenvalue weighted by Crippen LogP contribution is 2.29. The van der Waals surface area contributed by atoms with Gasteiger partial charge >= 0.3 is 0 Å². The molecule has 0 spiro atoms. The molecule has 0 bridgehead atoms. The number of nitrogens with one attached hydrogen (secondary N) is 2. The maximum Gasteiger partial charge on any atom is 0.229 e. The molecule has 2 heterocycles. The first-order valence-electron chi connectivity index (χ1n) is 7.49. The molecule has 0 saturated heterocycles. The molecule has 1 aromatic carbocycles. The van der Waals surface area contributed by atoms with Crippen LogP contribution in [-0.4, -0.2) is 40.3 Å². The molecule has 1 amide bonds. The zero-order valence-corrected chi connectivity index (χ0v) is 12.9. The van der Waals surface area contributed by atoms with Gasteiger partial charge in [-0.25, -0.2) is 0 Å². The van der Waals surface area contributed by atoms with E-state index in [9.17, 15) is 4.79 Å². The van der Waals surface area contributed by atoms with E-state index in [0.717, 1.165) is 11.3 Å². The van der Waals surface area contributed by atoms with Gasteiger partial charge in [-0.3, -0.25) is 20.2 Å². The van der Waals surface area contributed by atoms with Gasteiger partial charge in [-0.05, 0) is 25.5 Å². The number of carbonyl (C=O) groups is 1. The Morgan fingerprint density at radius 1 is 1.39 bits per heavy atom. The first-order chi connectivity index (χ1) is 11.1. The van der Waals surface area contributed by atoms with Gasteiger partial charge in [0.05, 0.1) is 11.8 Å². The van der Waals surface area contributed by atoms with Crippen LogP contribution in [0.4, 0.5) is 11.5 Å². The molecule has 2 aromatic rings. The standard InChI is InChI=1S/C16H19N5O2/c1-11-4-6-12(7-5-11)20-10-21(14(23)3-2-8-22)16-13(15(20)17)9-18-19-16/h4-7,9,17,22H,2-3,8,10H2,1H3,(H,18,19). The summed E-state index contributed by atoms with van der Waals surface area (Å²) < 4.78 is 0. The number of fused-ring (bicyclic) bond motifs is 1. The molecule has 7 nitrogen and oxygen atoms in total. The lowest BCUT2D eigenvalue weighted by atomic mass is 10.1. The maximum atomic E-state index is 12.4. The van der Waals surface area contributed by atoms with Crippen molar-refractivity contribution in [1.82, 2.24) is 10.2 Å². The molecule has 0 fully saturated rings. The van der Waals surface area contributed by atoms with Crippen LogP contribution in [-0.2, 0) is 4.79 Å². The number of rotatable bonds is 4. The SMILES string of the molecule is Cc1ccc(N2CN(C(=O)CCCO)c3[nH]ncc3C2=N)cc1. The number of H-pyrrole nitrogens is 1. The Balaban J connectivity index is 1.93. The second-order valence-corrected chi connectivity index (χ2v) is 5.53. The molecular formula is C16H19N5O2. The first-order valence-corrected chi connectivity index (χ1v) is 7.49. The number of carbonyl (C=O) groups excluding carboxylic acids is 1. The van der Waals surface area contributed by atoms with Crippen LogP contribution in [0.1, 0.15) is 24.0 Å². The van der Waals surface area contributed by atoms with Crippen LogP contribution in [0.3, 0.4) is 0 Å². The number of amidine groups is 1. The Hall–Kier alpha value is -2.67. The molecule has 1 aromatic heterocycles. The molecule has 0 radical (unpaired) electrons. The van der Waals surface area contributed by atoms with Crippen molar-refractivity contribution in [1.29, 1.82) is 5.41 Å². The van der Waals surface area contributed by atoms with Gasteiger partial charge in [0, 0.05) is 18.7 Å². The molecule has 0 atom stereocenters. The van der Waals surface area contributed by atoms with Gasteiger partial charge in [-0.15, -0.1) is 0 Å². The average Bonchev–Trinajstić information content (AvgIpc) is 3.04. The zero-order valence-electron chi connectivity index (χ0n) is 12.9. The second-order valence-electron chi connectivity index (χ2n) is 5.53. The summed E-state index contributed by atoms with van der Waals surface area (Å²) in [5, 5.41) is 24.1. The van der Waals surface area contributed by atoms with Crippen molar-refractivity contribution in [3.63, 3.8) is 0 Å². The summed E-state index contributed by atoms with van der Waals surface area (Å²) in [7, 11) is 0. The number of aromatic amines is 1. The molecule has 23 heavy (non-hydrogen) atoms. The third-order valence-corrected chi connectivity index (χ3v) is 3.89. The van der Waals surface area contributed by atoms with Crippen molar-refractivity contribution in [2.45, 2.75) is 19.8 Å². The minimum atomic E-state index is -0.103. The van der Waals surface area contributed by atoms with E-state index >= 15 is 0 Å². The largest absolute Gasteiger partial charge is 0.396 e. The fourth-order valence-corrected chi connectivity index (χ4v) is 2.59. The van der Waals surface area contributed by atoms with Crippen molar-refractivity contribution < 1.29 is 9.90 Å². The maximum absolute atomic E-state index is 12.4. The first kappa shape index (κ1) is 15.2. The minimum absolute atomic E-state index is 0.0209. The van der Waals surface area contributed by atoms with E-state index < -0.39 is 0 Å². The highest BCUT2D eigenvalue weighted by molar-refractivity contribution is 6.15. The molecule has 3 rings (SSSR count). The van der Waals surface area contributed by atoms with E-state index in [2.05, 4.69) is 10.2 Å². The zero-order chi connectivity index (χ0) is 16.4. The summed E-state index contributed by atoms with van der Waals surface area (Å²) >= 11 is 0. The predicted molar refractivity (Wildman–Crippen MR) is 87.7 cm³/mol. The number of aryl methyl sites for hydroxylation is 1. The molecule has 120 valence electrons. The van der Waals surface area contributed by atoms with Gasteiger partial charge in [-0.1, -0.05) is 17.7 Å². The molecule has 1 aliphatic rings. The van der Waals surface area contributed by atoms with Crippen LogP contribution in [0, 0.1) is 12.3 Å². The third-order valence-electron chi connectivity index (χ3n) is 3.89. The Kier molecular flexibility index (Phi) is 4.12. The van der Waals surface area contributed by atoms with Gasteiger partial charge in [0.15, 0.2) is 0 Å². The predicted octanol–water partition coefficient (Wildman–Crippen LogP) is 1.63. The summed E-state index contributed by atoms with van der Waals surface area (Å²) in [6, 6.07) is 7.83. The van der Waals surface area contributed by atoms with Gasteiger partial charge < -0.3 is 10.0 Å². The highest BCUT2D eigenvalue weighted by Gasteiger charge is 2.32. The molecule has 0 aliphatic carbocycles. The third kappa shape index (κ3) is 2.83. The van der Waals surface area contributed by atoms with Gasteiger partial charge in [0.1, 0.15) is 18.3 Å². The Morgan fingerprint density at radius 3 is 2.83 bits per heavy atom. The van der Waals surface area contributed by atoms with Gasteiger partial charge in [0.25, 0.3) is 0 Å². The molecule has 0 saturated carbocycles. The van der Waals surface area contributed by atoms with E-state index in [-0.39, 0.29) is 25.6 Å². The molecule has 7 heteroatoms. The van der Waals surface area contributed by atoms with E-state index in [0.29, 0.717) is 23.6 Å². The quantitative estimate of drug-likeness (QED) is 0.799. The Labute approximate surface area is 134 Å². The molecule has 3 N–H and O–H groups in total. The molecule has 1 aliphatic heterocycles. The summed E-state index contributed by atoms with van der Waals surface area (Å²) in [5.74, 6) is 0.749. The lowest BCUT2D eigenvalue weighted by Gasteiger charge is -2.36. The Morgan fingerprint density at radius 2 is 2.13 bits per heavy atom. The fourth-order valence-electron chi connectivity index (χ4n) is 2.59. The number of hydrogen-bond donors (Lipinski definition) is 3. The van der Waals surface area contributed by atoms with E-state index in [4.69, 9.17) is 10.5 Å². The van der Waals surface area contributed by atoms with E-state index in [1.807, 2.05) is 31.2 Å². The van der Waals surface area contributed by atoms with Crippen molar-refractivity contribution >= 4 is 23.2 Å². The number of nitrogens with zero attached hydrogens (tertiary/aromatic N) is 3. The number of amides is 1. The van der Waals surface area contributed by atoms with E-state index in [1.54, 1.807) is 16.0 Å². The van der Waals surface area contributed by atoms with Crippen molar-refractivity contribution in [3.8, 4) is 0 Å². The number of aliphatic hydroxyl groups is 1. The molecule has 0 unspecified atom stereocenters. The van der Waals surface area contributed by atoms with Crippen molar-refractivity contribution in [2.75, 3.05) is 23.1 Å². The van der Waals surface area contributed by atoms with Crippen LogP contribution in [0.5, 0.6) is 0 Å². The lowest BCUT2D eigenvalue weighted by molar-refractivity contribution is -0.118. The second kappa shape index (κ2) is 6.21. The number of aliphatic hydroxyl groups excluding tert-OH is 1. The summed E-state index contributed by atoms with van der Waals surface area (Å²) in [6.07, 6.45) is 2.23. The number of anilines is 2. The van der Waals surface area contributed by atoms with Crippen LogP contribution in [0.2, 0.25) is 0 Å². The summed E-state index contributed by atoms with van der Waals surface area (Å²) in [6.45, 7) is 2.23. The van der Waals surface area contributed by atoms with Crippen LogP contribution in [0.15, 0.2) is 30.5 Å². The minimum Gasteiger partial charge on any atom is -0.396 e. The normalized spacial score (nSPS) is 14.1. The van der Waals surface area contributed by atoms with Gasteiger partial charge in [-0.2, -0.15) is 5.10 Å². The number of aromatic nitrogens is 2. The fraction of sp³-hybridized carbons (Fsp3) is 0.312. The van der Waals surface area contributed by atoms with E-state index in [1.165, 1.54) is 0 Å². The Bertz CT molecular complexity index is 722. The van der Waals surface area contributed by atoms with Crippen LogP contribution >= 0.6 is 0 Å². The van der Waals surface area contributed by atoms with Crippen LogP contribution in [0.25, 0.3) is 0 Å². The number of hydrogen-bond acceptors (Lipinski definition) is 4. The lowest BCUT2D eigenvalue weighted by Crippen LogP contribution is -2.49. The topological polar surface area (TPSA) is 96.3 Å². The highest BCUT2D eigenvalue weighted by atomic mass is 16.3. The summed E-state index contributed by atoms with van der Waals surface area (Å²) in [5.41, 5.74) is 2.58. The monoisotopic (exact) mass is 313 g/mol. The smallest absolute Gasteiger partial charge is 0.229 e. The van der Waals surface area contributed by atoms with Crippen molar-refractivity contribution in [3.05, 3.63) is 41.6 Å². The summed E-state index contributed by atoms with van der Waals surface area (Å²) in [4.78, 5) is 15.8. The average molecular weight is 313 g/mol.